The standard InChI is InChI=1S/C22H30N2O4S/c1-6-20(17-10-8-16(3)9-11-17)23-22(25)21(7-2)28-19-14-12-18(13-15-19)24(4)29(5,26)27/h8-15,20-21H,6-7H2,1-5H3,(H,23,25)/t20-,21-/m1/s1. The summed E-state index contributed by atoms with van der Waals surface area (Å²) in [5, 5.41) is 3.07. The van der Waals surface area contributed by atoms with Crippen LogP contribution in [-0.2, 0) is 14.8 Å². The smallest absolute Gasteiger partial charge is 0.261 e. The maximum absolute atomic E-state index is 12.8. The highest BCUT2D eigenvalue weighted by Crippen LogP contribution is 2.22. The molecule has 2 rings (SSSR count). The first-order valence-electron chi connectivity index (χ1n) is 9.73. The molecule has 0 unspecified atom stereocenters. The molecule has 0 saturated heterocycles. The third-order valence-corrected chi connectivity index (χ3v) is 6.05. The second-order valence-corrected chi connectivity index (χ2v) is 9.13. The molecule has 0 fully saturated rings. The van der Waals surface area contributed by atoms with Gasteiger partial charge in [0, 0.05) is 7.05 Å². The summed E-state index contributed by atoms with van der Waals surface area (Å²) in [6.45, 7) is 5.95. The molecule has 2 aromatic rings. The second-order valence-electron chi connectivity index (χ2n) is 7.12. The van der Waals surface area contributed by atoms with E-state index in [0.29, 0.717) is 17.9 Å². The molecule has 6 nitrogen and oxygen atoms in total. The lowest BCUT2D eigenvalue weighted by Crippen LogP contribution is -2.39. The van der Waals surface area contributed by atoms with Crippen LogP contribution in [0.15, 0.2) is 48.5 Å². The van der Waals surface area contributed by atoms with Crippen molar-refractivity contribution < 1.29 is 17.9 Å². The fraction of sp³-hybridized carbons (Fsp3) is 0.409. The summed E-state index contributed by atoms with van der Waals surface area (Å²) in [6, 6.07) is 14.7. The number of anilines is 1. The van der Waals surface area contributed by atoms with Crippen LogP contribution in [0.2, 0.25) is 0 Å². The number of hydrogen-bond donors (Lipinski definition) is 1. The van der Waals surface area contributed by atoms with Crippen molar-refractivity contribution in [1.29, 1.82) is 0 Å². The number of rotatable bonds is 9. The number of amides is 1. The molecule has 7 heteroatoms. The molecule has 1 N–H and O–H groups in total. The molecular weight excluding hydrogens is 388 g/mol. The van der Waals surface area contributed by atoms with E-state index in [9.17, 15) is 13.2 Å². The van der Waals surface area contributed by atoms with E-state index in [4.69, 9.17) is 4.74 Å². The van der Waals surface area contributed by atoms with Gasteiger partial charge in [0.25, 0.3) is 5.91 Å². The number of aryl methyl sites for hydroxylation is 1. The number of sulfonamides is 1. The Morgan fingerprint density at radius 2 is 1.62 bits per heavy atom. The van der Waals surface area contributed by atoms with Crippen molar-refractivity contribution in [1.82, 2.24) is 5.32 Å². The van der Waals surface area contributed by atoms with Gasteiger partial charge in [0.15, 0.2) is 6.10 Å². The summed E-state index contributed by atoms with van der Waals surface area (Å²) in [6.07, 6.45) is 1.80. The number of hydrogen-bond acceptors (Lipinski definition) is 4. The van der Waals surface area contributed by atoms with Gasteiger partial charge in [-0.3, -0.25) is 9.10 Å². The highest BCUT2D eigenvalue weighted by Gasteiger charge is 2.22. The molecule has 29 heavy (non-hydrogen) atoms. The zero-order chi connectivity index (χ0) is 21.6. The first kappa shape index (κ1) is 22.7. The summed E-state index contributed by atoms with van der Waals surface area (Å²) in [4.78, 5) is 12.8. The summed E-state index contributed by atoms with van der Waals surface area (Å²) < 4.78 is 30.3. The number of ether oxygens (including phenoxy) is 1. The Labute approximate surface area is 173 Å². The first-order chi connectivity index (χ1) is 13.7. The van der Waals surface area contributed by atoms with Crippen molar-refractivity contribution in [3.8, 4) is 5.75 Å². The second kappa shape index (κ2) is 9.78. The summed E-state index contributed by atoms with van der Waals surface area (Å²) in [5.74, 6) is 0.346. The van der Waals surface area contributed by atoms with Gasteiger partial charge in [0.2, 0.25) is 10.0 Å². The Balaban J connectivity index is 2.06. The Kier molecular flexibility index (Phi) is 7.67. The molecule has 0 saturated carbocycles. The van der Waals surface area contributed by atoms with Gasteiger partial charge in [-0.15, -0.1) is 0 Å². The molecule has 2 aromatic carbocycles. The molecule has 0 aromatic heterocycles. The average molecular weight is 419 g/mol. The van der Waals surface area contributed by atoms with Gasteiger partial charge < -0.3 is 10.1 Å². The zero-order valence-electron chi connectivity index (χ0n) is 17.7. The topological polar surface area (TPSA) is 75.7 Å². The summed E-state index contributed by atoms with van der Waals surface area (Å²) in [7, 11) is -1.84. The van der Waals surface area contributed by atoms with Crippen LogP contribution in [0.1, 0.15) is 43.9 Å². The Morgan fingerprint density at radius 1 is 1.03 bits per heavy atom. The predicted molar refractivity (Wildman–Crippen MR) is 117 cm³/mol. The van der Waals surface area contributed by atoms with Crippen LogP contribution in [0.3, 0.4) is 0 Å². The molecule has 1 amide bonds. The molecule has 0 aliphatic rings. The van der Waals surface area contributed by atoms with Crippen LogP contribution in [0.4, 0.5) is 5.69 Å². The van der Waals surface area contributed by atoms with E-state index in [1.807, 2.05) is 45.0 Å². The van der Waals surface area contributed by atoms with E-state index < -0.39 is 16.1 Å². The van der Waals surface area contributed by atoms with Gasteiger partial charge in [0.1, 0.15) is 5.75 Å². The lowest BCUT2D eigenvalue weighted by atomic mass is 10.0. The fourth-order valence-corrected chi connectivity index (χ4v) is 3.40. The molecule has 158 valence electrons. The van der Waals surface area contributed by atoms with Crippen LogP contribution < -0.4 is 14.4 Å². The highest BCUT2D eigenvalue weighted by molar-refractivity contribution is 7.92. The van der Waals surface area contributed by atoms with Crippen molar-refractivity contribution in [3.05, 3.63) is 59.7 Å². The quantitative estimate of drug-likeness (QED) is 0.672. The normalized spacial score (nSPS) is 13.4. The average Bonchev–Trinajstić information content (AvgIpc) is 2.70. The van der Waals surface area contributed by atoms with Crippen LogP contribution in [0, 0.1) is 6.92 Å². The molecule has 0 radical (unpaired) electrons. The van der Waals surface area contributed by atoms with Gasteiger partial charge in [-0.1, -0.05) is 43.7 Å². The van der Waals surface area contributed by atoms with Crippen molar-refractivity contribution >= 4 is 21.6 Å². The third kappa shape index (κ3) is 6.22. The molecule has 0 aliphatic carbocycles. The van der Waals surface area contributed by atoms with E-state index in [0.717, 1.165) is 18.2 Å². The molecule has 0 bridgehead atoms. The number of nitrogens with zero attached hydrogens (tertiary/aromatic N) is 1. The minimum absolute atomic E-state index is 0.0773. The Morgan fingerprint density at radius 3 is 2.10 bits per heavy atom. The van der Waals surface area contributed by atoms with Crippen molar-refractivity contribution in [2.75, 3.05) is 17.6 Å². The zero-order valence-corrected chi connectivity index (χ0v) is 18.5. The number of carbonyl (C=O) groups excluding carboxylic acids is 1. The maximum atomic E-state index is 12.8. The number of nitrogens with one attached hydrogen (secondary N) is 1. The third-order valence-electron chi connectivity index (χ3n) is 4.84. The highest BCUT2D eigenvalue weighted by atomic mass is 32.2. The summed E-state index contributed by atoms with van der Waals surface area (Å²) in [5.41, 5.74) is 2.77. The molecule has 0 aliphatic heterocycles. The van der Waals surface area contributed by atoms with Gasteiger partial charge >= 0.3 is 0 Å². The van der Waals surface area contributed by atoms with E-state index in [1.165, 1.54) is 16.9 Å². The fourth-order valence-electron chi connectivity index (χ4n) is 2.90. The van der Waals surface area contributed by atoms with Crippen molar-refractivity contribution in [2.24, 2.45) is 0 Å². The van der Waals surface area contributed by atoms with Crippen LogP contribution >= 0.6 is 0 Å². The molecule has 0 heterocycles. The number of benzene rings is 2. The molecule has 0 spiro atoms. The molecule has 2 atom stereocenters. The lowest BCUT2D eigenvalue weighted by Gasteiger charge is -2.23. The minimum Gasteiger partial charge on any atom is -0.481 e. The van der Waals surface area contributed by atoms with Crippen molar-refractivity contribution in [3.63, 3.8) is 0 Å². The number of carbonyl (C=O) groups is 1. The van der Waals surface area contributed by atoms with Crippen LogP contribution in [0.25, 0.3) is 0 Å². The Hall–Kier alpha value is -2.54. The summed E-state index contributed by atoms with van der Waals surface area (Å²) >= 11 is 0. The van der Waals surface area contributed by atoms with E-state index in [-0.39, 0.29) is 11.9 Å². The predicted octanol–water partition coefficient (Wildman–Crippen LogP) is 3.82. The van der Waals surface area contributed by atoms with Crippen molar-refractivity contribution in [2.45, 2.75) is 45.8 Å². The van der Waals surface area contributed by atoms with Crippen LogP contribution in [-0.4, -0.2) is 33.7 Å². The van der Waals surface area contributed by atoms with E-state index in [1.54, 1.807) is 24.3 Å². The maximum Gasteiger partial charge on any atom is 0.261 e. The van der Waals surface area contributed by atoms with Gasteiger partial charge in [-0.05, 0) is 49.6 Å². The van der Waals surface area contributed by atoms with E-state index >= 15 is 0 Å². The SMILES string of the molecule is CC[C@@H](Oc1ccc(N(C)S(C)(=O)=O)cc1)C(=O)N[C@H](CC)c1ccc(C)cc1. The monoisotopic (exact) mass is 418 g/mol. The minimum atomic E-state index is -3.33. The largest absolute Gasteiger partial charge is 0.481 e. The first-order valence-corrected chi connectivity index (χ1v) is 11.6. The molecular formula is C22H30N2O4S. The lowest BCUT2D eigenvalue weighted by molar-refractivity contribution is -0.128. The van der Waals surface area contributed by atoms with Gasteiger partial charge in [-0.25, -0.2) is 8.42 Å². The van der Waals surface area contributed by atoms with Crippen LogP contribution in [0.5, 0.6) is 5.75 Å². The Bertz CT molecular complexity index is 909. The van der Waals surface area contributed by atoms with Gasteiger partial charge in [0.05, 0.1) is 18.0 Å². The van der Waals surface area contributed by atoms with E-state index in [2.05, 4.69) is 5.32 Å². The van der Waals surface area contributed by atoms with Gasteiger partial charge in [-0.2, -0.15) is 0 Å².